The van der Waals surface area contributed by atoms with Crippen LogP contribution in [0.1, 0.15) is 31.4 Å². The summed E-state index contributed by atoms with van der Waals surface area (Å²) in [5, 5.41) is 7.16. The summed E-state index contributed by atoms with van der Waals surface area (Å²) < 4.78 is 1.87. The molecule has 1 fully saturated rings. The normalized spacial score (nSPS) is 20.7. The molecule has 1 aromatic heterocycles. The Kier molecular flexibility index (Phi) is 3.71. The van der Waals surface area contributed by atoms with Crippen molar-refractivity contribution in [2.24, 2.45) is 12.8 Å². The molecule has 0 radical (unpaired) electrons. The molecule has 6 nitrogen and oxygen atoms in total. The molecular weight excluding hydrogens is 266 g/mol. The molecule has 2 amide bonds. The molecule has 3 N–H and O–H groups in total. The standard InChI is InChI=1S/C15H23N5O/c1-19-13(3-8-18-19)12-4-9-20(10-5-12)14(21)17-11-15(16)6-2-7-15/h3-4,8H,2,5-7,9-11,16H2,1H3,(H,17,21). The summed E-state index contributed by atoms with van der Waals surface area (Å²) in [7, 11) is 1.94. The van der Waals surface area contributed by atoms with Gasteiger partial charge in [0.2, 0.25) is 0 Å². The molecule has 0 aromatic carbocycles. The minimum atomic E-state index is -0.166. The fourth-order valence-corrected chi connectivity index (χ4v) is 2.95. The van der Waals surface area contributed by atoms with Gasteiger partial charge in [0.1, 0.15) is 0 Å². The zero-order valence-corrected chi connectivity index (χ0v) is 12.5. The molecule has 6 heteroatoms. The van der Waals surface area contributed by atoms with Crippen LogP contribution >= 0.6 is 0 Å². The molecule has 2 heterocycles. The summed E-state index contributed by atoms with van der Waals surface area (Å²) in [4.78, 5) is 14.0. The largest absolute Gasteiger partial charge is 0.336 e. The quantitative estimate of drug-likeness (QED) is 0.875. The second-order valence-corrected chi connectivity index (χ2v) is 6.14. The number of aryl methyl sites for hydroxylation is 1. The third kappa shape index (κ3) is 2.95. The molecule has 0 spiro atoms. The summed E-state index contributed by atoms with van der Waals surface area (Å²) in [5.41, 5.74) is 8.35. The smallest absolute Gasteiger partial charge is 0.317 e. The van der Waals surface area contributed by atoms with Crippen molar-refractivity contribution in [3.63, 3.8) is 0 Å². The van der Waals surface area contributed by atoms with E-state index in [0.29, 0.717) is 13.1 Å². The average Bonchev–Trinajstić information content (AvgIpc) is 2.89. The van der Waals surface area contributed by atoms with E-state index in [2.05, 4.69) is 16.5 Å². The number of nitrogens with one attached hydrogen (secondary N) is 1. The lowest BCUT2D eigenvalue weighted by Gasteiger charge is -2.38. The number of hydrogen-bond donors (Lipinski definition) is 2. The zero-order chi connectivity index (χ0) is 14.9. The summed E-state index contributed by atoms with van der Waals surface area (Å²) in [6.45, 7) is 1.96. The van der Waals surface area contributed by atoms with Crippen molar-refractivity contribution in [2.75, 3.05) is 19.6 Å². The number of carbonyl (C=O) groups is 1. The topological polar surface area (TPSA) is 76.2 Å². The summed E-state index contributed by atoms with van der Waals surface area (Å²) >= 11 is 0. The Morgan fingerprint density at radius 2 is 2.33 bits per heavy atom. The number of hydrogen-bond acceptors (Lipinski definition) is 3. The van der Waals surface area contributed by atoms with Gasteiger partial charge in [-0.15, -0.1) is 0 Å². The van der Waals surface area contributed by atoms with Crippen molar-refractivity contribution in [1.29, 1.82) is 0 Å². The molecule has 3 rings (SSSR count). The predicted octanol–water partition coefficient (Wildman–Crippen LogP) is 1.10. The fraction of sp³-hybridized carbons (Fsp3) is 0.600. The van der Waals surface area contributed by atoms with Crippen LogP contribution in [-0.2, 0) is 7.05 Å². The van der Waals surface area contributed by atoms with Crippen LogP contribution in [-0.4, -0.2) is 45.9 Å². The Hall–Kier alpha value is -1.82. The Labute approximate surface area is 125 Å². The van der Waals surface area contributed by atoms with Crippen LogP contribution in [0.3, 0.4) is 0 Å². The van der Waals surface area contributed by atoms with Gasteiger partial charge in [0.05, 0.1) is 5.69 Å². The highest BCUT2D eigenvalue weighted by molar-refractivity contribution is 5.76. The number of urea groups is 1. The van der Waals surface area contributed by atoms with Crippen molar-refractivity contribution in [1.82, 2.24) is 20.0 Å². The third-order valence-electron chi connectivity index (χ3n) is 4.59. The number of aromatic nitrogens is 2. The number of amides is 2. The van der Waals surface area contributed by atoms with Crippen molar-refractivity contribution in [3.05, 3.63) is 24.0 Å². The van der Waals surface area contributed by atoms with Gasteiger partial charge in [-0.05, 0) is 37.3 Å². The highest BCUT2D eigenvalue weighted by Crippen LogP contribution is 2.28. The molecule has 1 aliphatic heterocycles. The van der Waals surface area contributed by atoms with E-state index in [1.807, 2.05) is 22.7 Å². The van der Waals surface area contributed by atoms with E-state index in [9.17, 15) is 4.79 Å². The molecule has 1 aliphatic carbocycles. The van der Waals surface area contributed by atoms with E-state index in [4.69, 9.17) is 5.73 Å². The van der Waals surface area contributed by atoms with Crippen molar-refractivity contribution in [3.8, 4) is 0 Å². The highest BCUT2D eigenvalue weighted by atomic mass is 16.2. The molecular formula is C15H23N5O. The first-order valence-corrected chi connectivity index (χ1v) is 7.56. The van der Waals surface area contributed by atoms with E-state index in [0.717, 1.165) is 31.5 Å². The maximum absolute atomic E-state index is 12.2. The lowest BCUT2D eigenvalue weighted by molar-refractivity contribution is 0.189. The molecule has 0 atom stereocenters. The number of carbonyl (C=O) groups excluding carboxylic acids is 1. The Morgan fingerprint density at radius 1 is 1.52 bits per heavy atom. The minimum absolute atomic E-state index is 0.00738. The molecule has 21 heavy (non-hydrogen) atoms. The van der Waals surface area contributed by atoms with E-state index in [1.165, 1.54) is 12.0 Å². The lowest BCUT2D eigenvalue weighted by Crippen LogP contribution is -2.56. The van der Waals surface area contributed by atoms with Gasteiger partial charge in [0.15, 0.2) is 0 Å². The van der Waals surface area contributed by atoms with Gasteiger partial charge < -0.3 is 16.0 Å². The van der Waals surface area contributed by atoms with Gasteiger partial charge in [-0.1, -0.05) is 6.08 Å². The monoisotopic (exact) mass is 289 g/mol. The van der Waals surface area contributed by atoms with Gasteiger partial charge in [-0.2, -0.15) is 5.10 Å². The molecule has 2 aliphatic rings. The Morgan fingerprint density at radius 3 is 2.86 bits per heavy atom. The van der Waals surface area contributed by atoms with Crippen molar-refractivity contribution >= 4 is 11.6 Å². The first kappa shape index (κ1) is 14.1. The molecule has 114 valence electrons. The van der Waals surface area contributed by atoms with Gasteiger partial charge in [-0.3, -0.25) is 4.68 Å². The third-order valence-corrected chi connectivity index (χ3v) is 4.59. The molecule has 0 saturated heterocycles. The summed E-state index contributed by atoms with van der Waals surface area (Å²) in [6.07, 6.45) is 7.97. The zero-order valence-electron chi connectivity index (χ0n) is 12.5. The average molecular weight is 289 g/mol. The van der Waals surface area contributed by atoms with E-state index in [-0.39, 0.29) is 11.6 Å². The second-order valence-electron chi connectivity index (χ2n) is 6.14. The van der Waals surface area contributed by atoms with Crippen LogP contribution in [0.15, 0.2) is 18.3 Å². The molecule has 1 aromatic rings. The highest BCUT2D eigenvalue weighted by Gasteiger charge is 2.33. The molecule has 0 unspecified atom stereocenters. The van der Waals surface area contributed by atoms with Crippen LogP contribution < -0.4 is 11.1 Å². The number of nitrogens with two attached hydrogens (primary N) is 1. The van der Waals surface area contributed by atoms with Crippen LogP contribution in [0.25, 0.3) is 5.57 Å². The Bertz CT molecular complexity index is 558. The van der Waals surface area contributed by atoms with Crippen LogP contribution in [0.5, 0.6) is 0 Å². The van der Waals surface area contributed by atoms with Crippen molar-refractivity contribution in [2.45, 2.75) is 31.2 Å². The van der Waals surface area contributed by atoms with Gasteiger partial charge in [-0.25, -0.2) is 4.79 Å². The molecule has 0 bridgehead atoms. The first-order valence-electron chi connectivity index (χ1n) is 7.56. The minimum Gasteiger partial charge on any atom is -0.336 e. The van der Waals surface area contributed by atoms with Gasteiger partial charge >= 0.3 is 6.03 Å². The first-order chi connectivity index (χ1) is 10.1. The maximum Gasteiger partial charge on any atom is 0.317 e. The SMILES string of the molecule is Cn1nccc1C1=CCN(C(=O)NCC2(N)CCC2)CC1. The van der Waals surface area contributed by atoms with E-state index >= 15 is 0 Å². The number of rotatable bonds is 3. The predicted molar refractivity (Wildman–Crippen MR) is 81.5 cm³/mol. The second kappa shape index (κ2) is 5.52. The van der Waals surface area contributed by atoms with Crippen LogP contribution in [0.4, 0.5) is 4.79 Å². The Balaban J connectivity index is 1.54. The van der Waals surface area contributed by atoms with Crippen LogP contribution in [0, 0.1) is 0 Å². The fourth-order valence-electron chi connectivity index (χ4n) is 2.95. The summed E-state index contributed by atoms with van der Waals surface area (Å²) in [6, 6.07) is 2.00. The van der Waals surface area contributed by atoms with Crippen LogP contribution in [0.2, 0.25) is 0 Å². The number of nitrogens with zero attached hydrogens (tertiary/aromatic N) is 3. The van der Waals surface area contributed by atoms with Crippen molar-refractivity contribution < 1.29 is 4.79 Å². The van der Waals surface area contributed by atoms with Gasteiger partial charge in [0.25, 0.3) is 0 Å². The summed E-state index contributed by atoms with van der Waals surface area (Å²) in [5.74, 6) is 0. The van der Waals surface area contributed by atoms with E-state index in [1.54, 1.807) is 6.20 Å². The lowest BCUT2D eigenvalue weighted by atomic mass is 9.78. The maximum atomic E-state index is 12.2. The van der Waals surface area contributed by atoms with Gasteiger partial charge in [0, 0.05) is 38.4 Å². The molecule has 1 saturated carbocycles. The van der Waals surface area contributed by atoms with E-state index < -0.39 is 0 Å².